The average molecular weight is 327 g/mol. The molecule has 1 aliphatic carbocycles. The Bertz CT molecular complexity index is 467. The highest BCUT2D eigenvalue weighted by molar-refractivity contribution is 6.36. The van der Waals surface area contributed by atoms with Crippen molar-refractivity contribution in [1.29, 1.82) is 0 Å². The number of benzene rings is 1. The Morgan fingerprint density at radius 3 is 2.14 bits per heavy atom. The molecule has 1 saturated heterocycles. The van der Waals surface area contributed by atoms with E-state index < -0.39 is 0 Å². The van der Waals surface area contributed by atoms with Crippen molar-refractivity contribution in [2.45, 2.75) is 44.6 Å². The molecule has 1 saturated carbocycles. The van der Waals surface area contributed by atoms with Crippen LogP contribution in [0.5, 0.6) is 0 Å². The van der Waals surface area contributed by atoms with Gasteiger partial charge in [-0.15, -0.1) is 0 Å². The molecule has 2 aliphatic rings. The van der Waals surface area contributed by atoms with Crippen molar-refractivity contribution < 1.29 is 0 Å². The summed E-state index contributed by atoms with van der Waals surface area (Å²) in [7, 11) is 0. The van der Waals surface area contributed by atoms with Gasteiger partial charge in [-0.1, -0.05) is 42.1 Å². The standard InChI is InChI=1S/C17H24Cl2N2/c18-13-4-3-5-14(19)16(13)15(12-20)21-10-8-17(9-11-21)6-1-2-7-17/h3-5,15H,1-2,6-12,20H2. The smallest absolute Gasteiger partial charge is 0.0500 e. The van der Waals surface area contributed by atoms with Gasteiger partial charge in [0.1, 0.15) is 0 Å². The van der Waals surface area contributed by atoms with E-state index in [1.54, 1.807) is 0 Å². The van der Waals surface area contributed by atoms with Crippen molar-refractivity contribution in [2.75, 3.05) is 19.6 Å². The second-order valence-corrected chi connectivity index (χ2v) is 7.44. The maximum Gasteiger partial charge on any atom is 0.0500 e. The summed E-state index contributed by atoms with van der Waals surface area (Å²) in [6.45, 7) is 2.79. The lowest BCUT2D eigenvalue weighted by Gasteiger charge is -2.43. The molecule has 2 N–H and O–H groups in total. The van der Waals surface area contributed by atoms with E-state index >= 15 is 0 Å². The van der Waals surface area contributed by atoms with Crippen molar-refractivity contribution in [2.24, 2.45) is 11.1 Å². The normalized spacial score (nSPS) is 23.6. The molecule has 0 radical (unpaired) electrons. The third kappa shape index (κ3) is 3.10. The van der Waals surface area contributed by atoms with Gasteiger partial charge in [-0.05, 0) is 56.3 Å². The predicted molar refractivity (Wildman–Crippen MR) is 90.0 cm³/mol. The lowest BCUT2D eigenvalue weighted by Crippen LogP contribution is -2.43. The van der Waals surface area contributed by atoms with E-state index in [1.807, 2.05) is 18.2 Å². The van der Waals surface area contributed by atoms with Crippen LogP contribution in [0.1, 0.15) is 50.1 Å². The van der Waals surface area contributed by atoms with Crippen molar-refractivity contribution in [3.8, 4) is 0 Å². The van der Waals surface area contributed by atoms with Gasteiger partial charge in [-0.25, -0.2) is 0 Å². The summed E-state index contributed by atoms with van der Waals surface area (Å²) in [6.07, 6.45) is 8.26. The Morgan fingerprint density at radius 2 is 1.62 bits per heavy atom. The van der Waals surface area contributed by atoms with E-state index in [0.717, 1.165) is 28.7 Å². The van der Waals surface area contributed by atoms with Crippen molar-refractivity contribution in [3.05, 3.63) is 33.8 Å². The second kappa shape index (κ2) is 6.45. The molecule has 0 bridgehead atoms. The van der Waals surface area contributed by atoms with Gasteiger partial charge in [0.05, 0.1) is 0 Å². The summed E-state index contributed by atoms with van der Waals surface area (Å²) in [5.41, 5.74) is 7.69. The summed E-state index contributed by atoms with van der Waals surface area (Å²) in [5, 5.41) is 1.47. The Kier molecular flexibility index (Phi) is 4.80. The Balaban J connectivity index is 1.76. The molecule has 1 unspecified atom stereocenters. The van der Waals surface area contributed by atoms with Gasteiger partial charge in [0.2, 0.25) is 0 Å². The molecule has 1 aromatic carbocycles. The number of rotatable bonds is 3. The molecule has 1 atom stereocenters. The number of nitrogens with zero attached hydrogens (tertiary/aromatic N) is 1. The molecule has 2 fully saturated rings. The Hall–Kier alpha value is -0.280. The van der Waals surface area contributed by atoms with Crippen LogP contribution in [0.3, 0.4) is 0 Å². The number of hydrogen-bond donors (Lipinski definition) is 1. The maximum atomic E-state index is 6.38. The van der Waals surface area contributed by atoms with Gasteiger partial charge in [0.25, 0.3) is 0 Å². The molecular formula is C17H24Cl2N2. The predicted octanol–water partition coefficient (Wildman–Crippen LogP) is 4.65. The summed E-state index contributed by atoms with van der Waals surface area (Å²) in [6, 6.07) is 5.86. The molecule has 0 amide bonds. The molecule has 1 spiro atoms. The monoisotopic (exact) mass is 326 g/mol. The molecule has 1 aliphatic heterocycles. The number of halogens is 2. The van der Waals surface area contributed by atoms with E-state index in [-0.39, 0.29) is 6.04 Å². The molecule has 1 aromatic rings. The zero-order valence-electron chi connectivity index (χ0n) is 12.5. The van der Waals surface area contributed by atoms with Crippen LogP contribution >= 0.6 is 23.2 Å². The number of hydrogen-bond acceptors (Lipinski definition) is 2. The van der Waals surface area contributed by atoms with E-state index in [9.17, 15) is 0 Å². The first kappa shape index (κ1) is 15.6. The summed E-state index contributed by atoms with van der Waals surface area (Å²) in [5.74, 6) is 0. The number of nitrogens with two attached hydrogens (primary N) is 1. The van der Waals surface area contributed by atoms with Crippen LogP contribution in [-0.2, 0) is 0 Å². The molecule has 1 heterocycles. The first-order chi connectivity index (χ1) is 10.2. The average Bonchev–Trinajstić information content (AvgIpc) is 2.93. The number of likely N-dealkylation sites (tertiary alicyclic amines) is 1. The minimum atomic E-state index is 0.143. The van der Waals surface area contributed by atoms with E-state index in [1.165, 1.54) is 38.5 Å². The topological polar surface area (TPSA) is 29.3 Å². The molecule has 3 rings (SSSR count). The maximum absolute atomic E-state index is 6.38. The second-order valence-electron chi connectivity index (χ2n) is 6.63. The fraction of sp³-hybridized carbons (Fsp3) is 0.647. The molecule has 2 nitrogen and oxygen atoms in total. The largest absolute Gasteiger partial charge is 0.329 e. The molecule has 21 heavy (non-hydrogen) atoms. The summed E-state index contributed by atoms with van der Waals surface area (Å²) in [4.78, 5) is 2.48. The van der Waals surface area contributed by atoms with Crippen LogP contribution in [0, 0.1) is 5.41 Å². The number of piperidine rings is 1. The fourth-order valence-corrected chi connectivity index (χ4v) is 4.86. The third-order valence-corrected chi connectivity index (χ3v) is 6.18. The van der Waals surface area contributed by atoms with Crippen LogP contribution in [0.2, 0.25) is 10.0 Å². The molecule has 116 valence electrons. The third-order valence-electron chi connectivity index (χ3n) is 5.52. The van der Waals surface area contributed by atoms with Gasteiger partial charge in [-0.3, -0.25) is 4.90 Å². The SMILES string of the molecule is NCC(c1c(Cl)cccc1Cl)N1CCC2(CCCC2)CC1. The lowest BCUT2D eigenvalue weighted by molar-refractivity contribution is 0.0781. The van der Waals surface area contributed by atoms with Gasteiger partial charge >= 0.3 is 0 Å². The minimum absolute atomic E-state index is 0.143. The van der Waals surface area contributed by atoms with Gasteiger partial charge in [-0.2, -0.15) is 0 Å². The fourth-order valence-electron chi connectivity index (χ4n) is 4.21. The molecule has 4 heteroatoms. The first-order valence-electron chi connectivity index (χ1n) is 8.03. The van der Waals surface area contributed by atoms with E-state index in [0.29, 0.717) is 12.0 Å². The lowest BCUT2D eigenvalue weighted by atomic mass is 9.76. The van der Waals surface area contributed by atoms with Gasteiger partial charge in [0, 0.05) is 28.2 Å². The van der Waals surface area contributed by atoms with Crippen LogP contribution in [0.4, 0.5) is 0 Å². The van der Waals surface area contributed by atoms with Crippen LogP contribution in [0.15, 0.2) is 18.2 Å². The zero-order chi connectivity index (χ0) is 14.9. The Labute approximate surface area is 137 Å². The quantitative estimate of drug-likeness (QED) is 0.875. The zero-order valence-corrected chi connectivity index (χ0v) is 14.0. The van der Waals surface area contributed by atoms with Gasteiger partial charge in [0.15, 0.2) is 0 Å². The summed E-state index contributed by atoms with van der Waals surface area (Å²) < 4.78 is 0. The highest BCUT2D eigenvalue weighted by atomic mass is 35.5. The van der Waals surface area contributed by atoms with Crippen LogP contribution in [-0.4, -0.2) is 24.5 Å². The van der Waals surface area contributed by atoms with Crippen molar-refractivity contribution in [3.63, 3.8) is 0 Å². The highest BCUT2D eigenvalue weighted by Gasteiger charge is 2.38. The molecule has 0 aromatic heterocycles. The molecular weight excluding hydrogens is 303 g/mol. The van der Waals surface area contributed by atoms with Gasteiger partial charge < -0.3 is 5.73 Å². The summed E-state index contributed by atoms with van der Waals surface area (Å²) >= 11 is 12.8. The first-order valence-corrected chi connectivity index (χ1v) is 8.79. The van der Waals surface area contributed by atoms with Crippen molar-refractivity contribution in [1.82, 2.24) is 4.90 Å². The van der Waals surface area contributed by atoms with Crippen molar-refractivity contribution >= 4 is 23.2 Å². The van der Waals surface area contributed by atoms with E-state index in [4.69, 9.17) is 28.9 Å². The highest BCUT2D eigenvalue weighted by Crippen LogP contribution is 2.47. The van der Waals surface area contributed by atoms with Crippen LogP contribution < -0.4 is 5.73 Å². The van der Waals surface area contributed by atoms with Crippen LogP contribution in [0.25, 0.3) is 0 Å². The minimum Gasteiger partial charge on any atom is -0.329 e. The Morgan fingerprint density at radius 1 is 1.05 bits per heavy atom. The van der Waals surface area contributed by atoms with E-state index in [2.05, 4.69) is 4.90 Å².